The van der Waals surface area contributed by atoms with Crippen molar-refractivity contribution in [1.29, 1.82) is 0 Å². The standard InChI is InChI=1S/C12H25N3O/c1-9(2)10(13)11(16)15-7-6-14(5)12(3,4)8-15/h9-10H,6-8,13H2,1-5H3. The molecule has 1 atom stereocenters. The van der Waals surface area contributed by atoms with Crippen LogP contribution in [0.15, 0.2) is 0 Å². The Bertz CT molecular complexity index is 263. The van der Waals surface area contributed by atoms with Gasteiger partial charge in [-0.1, -0.05) is 13.8 Å². The molecular formula is C12H25N3O. The number of nitrogens with two attached hydrogens (primary N) is 1. The van der Waals surface area contributed by atoms with E-state index in [0.29, 0.717) is 0 Å². The lowest BCUT2D eigenvalue weighted by Crippen LogP contribution is -2.61. The first-order valence-corrected chi connectivity index (χ1v) is 6.01. The highest BCUT2D eigenvalue weighted by atomic mass is 16.2. The van der Waals surface area contributed by atoms with Crippen LogP contribution in [0.1, 0.15) is 27.7 Å². The van der Waals surface area contributed by atoms with Gasteiger partial charge in [0, 0.05) is 25.2 Å². The second kappa shape index (κ2) is 4.72. The van der Waals surface area contributed by atoms with Gasteiger partial charge >= 0.3 is 0 Å². The molecule has 16 heavy (non-hydrogen) atoms. The van der Waals surface area contributed by atoms with Crippen molar-refractivity contribution in [1.82, 2.24) is 9.80 Å². The van der Waals surface area contributed by atoms with Crippen molar-refractivity contribution < 1.29 is 4.79 Å². The van der Waals surface area contributed by atoms with Crippen LogP contribution in [0, 0.1) is 5.92 Å². The van der Waals surface area contributed by atoms with Gasteiger partial charge < -0.3 is 10.6 Å². The summed E-state index contributed by atoms with van der Waals surface area (Å²) in [7, 11) is 2.10. The predicted octanol–water partition coefficient (Wildman–Crippen LogP) is 0.522. The van der Waals surface area contributed by atoms with Crippen molar-refractivity contribution >= 4 is 5.91 Å². The van der Waals surface area contributed by atoms with E-state index in [4.69, 9.17) is 5.73 Å². The lowest BCUT2D eigenvalue weighted by molar-refractivity contribution is -0.138. The van der Waals surface area contributed by atoms with Gasteiger partial charge in [0.25, 0.3) is 0 Å². The fraction of sp³-hybridized carbons (Fsp3) is 0.917. The summed E-state index contributed by atoms with van der Waals surface area (Å²) in [5.41, 5.74) is 5.96. The Hall–Kier alpha value is -0.610. The van der Waals surface area contributed by atoms with Crippen molar-refractivity contribution in [3.8, 4) is 0 Å². The van der Waals surface area contributed by atoms with Crippen LogP contribution in [0.5, 0.6) is 0 Å². The molecule has 0 aromatic carbocycles. The topological polar surface area (TPSA) is 49.6 Å². The van der Waals surface area contributed by atoms with Crippen LogP contribution in [0.25, 0.3) is 0 Å². The molecule has 1 aliphatic heterocycles. The minimum absolute atomic E-state index is 0.0462. The summed E-state index contributed by atoms with van der Waals surface area (Å²) in [6, 6.07) is -0.362. The summed E-state index contributed by atoms with van der Waals surface area (Å²) in [6.07, 6.45) is 0. The molecule has 94 valence electrons. The summed E-state index contributed by atoms with van der Waals surface area (Å²) in [5.74, 6) is 0.298. The maximum atomic E-state index is 12.1. The van der Waals surface area contributed by atoms with E-state index < -0.39 is 0 Å². The van der Waals surface area contributed by atoms with Gasteiger partial charge in [-0.05, 0) is 26.8 Å². The Kier molecular flexibility index (Phi) is 3.97. The second-order valence-corrected chi connectivity index (χ2v) is 5.76. The fourth-order valence-electron chi connectivity index (χ4n) is 1.92. The number of amides is 1. The molecule has 1 heterocycles. The van der Waals surface area contributed by atoms with Crippen LogP contribution < -0.4 is 5.73 Å². The molecule has 1 rings (SSSR count). The molecule has 0 aromatic heterocycles. The highest BCUT2D eigenvalue weighted by Crippen LogP contribution is 2.19. The number of hydrogen-bond acceptors (Lipinski definition) is 3. The molecule has 1 amide bonds. The average molecular weight is 227 g/mol. The molecule has 0 saturated carbocycles. The molecule has 0 aliphatic carbocycles. The van der Waals surface area contributed by atoms with E-state index in [2.05, 4.69) is 25.8 Å². The number of carbonyl (C=O) groups excluding carboxylic acids is 1. The van der Waals surface area contributed by atoms with Gasteiger partial charge in [0.05, 0.1) is 6.04 Å². The van der Waals surface area contributed by atoms with Crippen LogP contribution >= 0.6 is 0 Å². The van der Waals surface area contributed by atoms with E-state index in [9.17, 15) is 4.79 Å². The maximum Gasteiger partial charge on any atom is 0.239 e. The van der Waals surface area contributed by atoms with E-state index in [-0.39, 0.29) is 23.4 Å². The molecule has 0 bridgehead atoms. The predicted molar refractivity (Wildman–Crippen MR) is 66.1 cm³/mol. The maximum absolute atomic E-state index is 12.1. The van der Waals surface area contributed by atoms with Gasteiger partial charge in [-0.3, -0.25) is 9.69 Å². The smallest absolute Gasteiger partial charge is 0.239 e. The molecule has 4 nitrogen and oxygen atoms in total. The Labute approximate surface area is 98.8 Å². The van der Waals surface area contributed by atoms with E-state index in [0.717, 1.165) is 19.6 Å². The molecule has 1 aliphatic rings. The van der Waals surface area contributed by atoms with Crippen molar-refractivity contribution in [2.45, 2.75) is 39.3 Å². The first-order valence-electron chi connectivity index (χ1n) is 6.01. The summed E-state index contributed by atoms with van der Waals surface area (Å²) < 4.78 is 0. The number of carbonyl (C=O) groups is 1. The number of piperazine rings is 1. The van der Waals surface area contributed by atoms with Crippen LogP contribution in [-0.4, -0.2) is 54.0 Å². The summed E-state index contributed by atoms with van der Waals surface area (Å²) in [5, 5.41) is 0. The monoisotopic (exact) mass is 227 g/mol. The third-order valence-electron chi connectivity index (χ3n) is 3.63. The minimum Gasteiger partial charge on any atom is -0.338 e. The van der Waals surface area contributed by atoms with Gasteiger partial charge in [0.2, 0.25) is 5.91 Å². The van der Waals surface area contributed by atoms with Gasteiger partial charge in [0.1, 0.15) is 0 Å². The first kappa shape index (κ1) is 13.5. The van der Waals surface area contributed by atoms with Gasteiger partial charge in [-0.2, -0.15) is 0 Å². The molecular weight excluding hydrogens is 202 g/mol. The zero-order chi connectivity index (χ0) is 12.5. The molecule has 1 fully saturated rings. The number of likely N-dealkylation sites (N-methyl/N-ethyl adjacent to an activating group) is 1. The number of hydrogen-bond donors (Lipinski definition) is 1. The van der Waals surface area contributed by atoms with Crippen LogP contribution in [0.2, 0.25) is 0 Å². The minimum atomic E-state index is -0.362. The fourth-order valence-corrected chi connectivity index (χ4v) is 1.92. The largest absolute Gasteiger partial charge is 0.338 e. The Morgan fingerprint density at radius 3 is 2.31 bits per heavy atom. The number of rotatable bonds is 2. The third kappa shape index (κ3) is 2.74. The normalized spacial score (nSPS) is 23.6. The van der Waals surface area contributed by atoms with Crippen molar-refractivity contribution in [2.75, 3.05) is 26.7 Å². The van der Waals surface area contributed by atoms with E-state index in [1.54, 1.807) is 0 Å². The molecule has 0 aromatic rings. The lowest BCUT2D eigenvalue weighted by Gasteiger charge is -2.46. The van der Waals surface area contributed by atoms with Crippen molar-refractivity contribution in [2.24, 2.45) is 11.7 Å². The van der Waals surface area contributed by atoms with E-state index in [1.807, 2.05) is 18.7 Å². The first-order chi connectivity index (χ1) is 7.25. The van der Waals surface area contributed by atoms with Crippen LogP contribution in [0.3, 0.4) is 0 Å². The summed E-state index contributed by atoms with van der Waals surface area (Å²) >= 11 is 0. The van der Waals surface area contributed by atoms with Gasteiger partial charge in [0.15, 0.2) is 0 Å². The van der Waals surface area contributed by atoms with Crippen molar-refractivity contribution in [3.63, 3.8) is 0 Å². The lowest BCUT2D eigenvalue weighted by atomic mass is 9.97. The molecule has 1 saturated heterocycles. The van der Waals surface area contributed by atoms with Crippen LogP contribution in [-0.2, 0) is 4.79 Å². The Morgan fingerprint density at radius 1 is 1.31 bits per heavy atom. The quantitative estimate of drug-likeness (QED) is 0.748. The van der Waals surface area contributed by atoms with Crippen LogP contribution in [0.4, 0.5) is 0 Å². The average Bonchev–Trinajstić information content (AvgIpc) is 2.19. The highest BCUT2D eigenvalue weighted by molar-refractivity contribution is 5.82. The third-order valence-corrected chi connectivity index (χ3v) is 3.63. The van der Waals surface area contributed by atoms with E-state index in [1.165, 1.54) is 0 Å². The molecule has 0 radical (unpaired) electrons. The van der Waals surface area contributed by atoms with E-state index >= 15 is 0 Å². The second-order valence-electron chi connectivity index (χ2n) is 5.76. The summed E-state index contributed by atoms with van der Waals surface area (Å²) in [4.78, 5) is 16.3. The van der Waals surface area contributed by atoms with Gasteiger partial charge in [-0.15, -0.1) is 0 Å². The SMILES string of the molecule is CC(C)C(N)C(=O)N1CCN(C)C(C)(C)C1. The summed E-state index contributed by atoms with van der Waals surface area (Å²) in [6.45, 7) is 10.8. The number of nitrogens with zero attached hydrogens (tertiary/aromatic N) is 2. The molecule has 1 unspecified atom stereocenters. The van der Waals surface area contributed by atoms with Crippen molar-refractivity contribution in [3.05, 3.63) is 0 Å². The Balaban J connectivity index is 2.66. The molecule has 4 heteroatoms. The zero-order valence-electron chi connectivity index (χ0n) is 11.2. The zero-order valence-corrected chi connectivity index (χ0v) is 11.2. The molecule has 0 spiro atoms. The Morgan fingerprint density at radius 2 is 1.88 bits per heavy atom. The highest BCUT2D eigenvalue weighted by Gasteiger charge is 2.35. The molecule has 2 N–H and O–H groups in total. The van der Waals surface area contributed by atoms with Gasteiger partial charge in [-0.25, -0.2) is 0 Å².